The molecule has 0 saturated carbocycles. The number of hydrogen-bond donors (Lipinski definition) is 0. The minimum Gasteiger partial charge on any atom is -0.307 e. The number of aryl methyl sites for hydroxylation is 2. The zero-order valence-electron chi connectivity index (χ0n) is 54.0. The molecule has 0 N–H and O–H groups in total. The van der Waals surface area contributed by atoms with E-state index in [-0.39, 0.29) is 11.8 Å². The maximum atomic E-state index is 2.72. The van der Waals surface area contributed by atoms with Gasteiger partial charge in [-0.15, -0.1) is 0 Å². The first-order valence-electron chi connectivity index (χ1n) is 34.3. The van der Waals surface area contributed by atoms with Gasteiger partial charge in [0.15, 0.2) is 0 Å². The number of fused-ring (bicyclic) bond motifs is 8. The molecule has 2 aliphatic carbocycles. The van der Waals surface area contributed by atoms with Crippen LogP contribution in [-0.4, -0.2) is 9.13 Å². The molecule has 0 bridgehead atoms. The summed E-state index contributed by atoms with van der Waals surface area (Å²) >= 11 is 0. The van der Waals surface area contributed by atoms with Crippen LogP contribution >= 0.6 is 0 Å². The van der Waals surface area contributed by atoms with E-state index in [9.17, 15) is 0 Å². The number of benzene rings is 14. The fraction of sp³-hybridized carbons (Fsp3) is 0.156. The lowest BCUT2D eigenvalue weighted by Gasteiger charge is -2.34. The molecule has 0 unspecified atom stereocenters. The number of anilines is 6. The highest BCUT2D eigenvalue weighted by atomic mass is 15.2. The van der Waals surface area contributed by atoms with Crippen molar-refractivity contribution in [3.05, 3.63) is 300 Å². The summed E-state index contributed by atoms with van der Waals surface area (Å²) in [7, 11) is 0. The molecular weight excluding hydrogens is 1140 g/mol. The molecule has 0 atom stereocenters. The van der Waals surface area contributed by atoms with Gasteiger partial charge in [-0.05, 0) is 213 Å². The van der Waals surface area contributed by atoms with Crippen LogP contribution in [0.3, 0.4) is 0 Å². The van der Waals surface area contributed by atoms with E-state index in [1.54, 1.807) is 0 Å². The van der Waals surface area contributed by atoms with Crippen molar-refractivity contribution in [3.8, 4) is 33.6 Å². The van der Waals surface area contributed by atoms with Gasteiger partial charge in [0, 0.05) is 55.1 Å². The molecule has 14 aromatic carbocycles. The molecule has 4 nitrogen and oxygen atoms in total. The third kappa shape index (κ3) is 8.86. The largest absolute Gasteiger partial charge is 0.307 e. The molecule has 0 saturated heterocycles. The van der Waals surface area contributed by atoms with Crippen LogP contribution in [0.5, 0.6) is 0 Å². The molecule has 4 heteroatoms. The number of rotatable bonds is 12. The SMILES string of the molecule is CC(C)c1cc(N(c2cccc3c2CCCC3)c2cccc3c4ccccc4n(-c4ccc(-c5ccccc5)cc4)c23)c2ccc3c(C(C)C)cc(N(c4cccc5c4CCCC5)c4cccc5c6ccccc6n(-c6ccc(-c7ccccc7)cc6)c45)c4ccc1c2c34. The van der Waals surface area contributed by atoms with Crippen molar-refractivity contribution in [2.45, 2.75) is 90.9 Å². The summed E-state index contributed by atoms with van der Waals surface area (Å²) in [5.74, 6) is 0.441. The topological polar surface area (TPSA) is 16.3 Å². The van der Waals surface area contributed by atoms with E-state index < -0.39 is 0 Å². The van der Waals surface area contributed by atoms with E-state index in [2.05, 4.69) is 314 Å². The van der Waals surface area contributed by atoms with Crippen LogP contribution in [0.25, 0.3) is 110 Å². The van der Waals surface area contributed by atoms with E-state index in [1.165, 1.54) is 191 Å². The van der Waals surface area contributed by atoms with Crippen LogP contribution in [0.1, 0.15) is 98.6 Å². The monoisotopic (exact) mass is 1210 g/mol. The summed E-state index contributed by atoms with van der Waals surface area (Å²) in [6, 6.07) is 102. The highest BCUT2D eigenvalue weighted by Gasteiger charge is 2.32. The fourth-order valence-electron chi connectivity index (χ4n) is 16.8. The molecule has 0 spiro atoms. The Morgan fingerprint density at radius 3 is 1.05 bits per heavy atom. The maximum Gasteiger partial charge on any atom is 0.0782 e. The molecule has 2 aliphatic rings. The summed E-state index contributed by atoms with van der Waals surface area (Å²) in [4.78, 5) is 5.44. The first-order chi connectivity index (χ1) is 46.3. The second-order valence-corrected chi connectivity index (χ2v) is 27.1. The molecular formula is C90H74N4. The average Bonchev–Trinajstić information content (AvgIpc) is 0.845. The normalized spacial score (nSPS) is 13.4. The second-order valence-electron chi connectivity index (χ2n) is 27.1. The predicted molar refractivity (Wildman–Crippen MR) is 401 cm³/mol. The lowest BCUT2D eigenvalue weighted by molar-refractivity contribution is 0.686. The molecule has 2 aromatic heterocycles. The first-order valence-corrected chi connectivity index (χ1v) is 34.3. The van der Waals surface area contributed by atoms with Crippen LogP contribution in [0.4, 0.5) is 34.1 Å². The second kappa shape index (κ2) is 22.6. The van der Waals surface area contributed by atoms with Crippen molar-refractivity contribution in [3.63, 3.8) is 0 Å². The smallest absolute Gasteiger partial charge is 0.0782 e. The summed E-state index contributed by atoms with van der Waals surface area (Å²) in [5.41, 5.74) is 27.8. The first kappa shape index (κ1) is 56.1. The number of para-hydroxylation sites is 4. The van der Waals surface area contributed by atoms with E-state index in [0.717, 1.165) is 37.1 Å². The van der Waals surface area contributed by atoms with Crippen molar-refractivity contribution in [2.75, 3.05) is 9.80 Å². The van der Waals surface area contributed by atoms with Gasteiger partial charge in [0.05, 0.1) is 44.8 Å². The molecule has 0 radical (unpaired) electrons. The molecule has 2 heterocycles. The van der Waals surface area contributed by atoms with Crippen molar-refractivity contribution in [1.29, 1.82) is 0 Å². The van der Waals surface area contributed by atoms with E-state index in [1.807, 2.05) is 0 Å². The molecule has 0 amide bonds. The molecule has 16 aromatic rings. The van der Waals surface area contributed by atoms with Gasteiger partial charge < -0.3 is 18.9 Å². The Morgan fingerprint density at radius 1 is 0.277 bits per heavy atom. The van der Waals surface area contributed by atoms with Crippen molar-refractivity contribution in [2.24, 2.45) is 0 Å². The molecule has 18 rings (SSSR count). The van der Waals surface area contributed by atoms with Gasteiger partial charge in [-0.1, -0.05) is 222 Å². The Kier molecular flexibility index (Phi) is 13.5. The molecule has 0 aliphatic heterocycles. The minimum absolute atomic E-state index is 0.220. The van der Waals surface area contributed by atoms with Crippen LogP contribution in [-0.2, 0) is 25.7 Å². The van der Waals surface area contributed by atoms with Gasteiger partial charge in [0.1, 0.15) is 0 Å². The summed E-state index contributed by atoms with van der Waals surface area (Å²) < 4.78 is 5.10. The lowest BCUT2D eigenvalue weighted by atomic mass is 9.83. The van der Waals surface area contributed by atoms with Crippen molar-refractivity contribution < 1.29 is 0 Å². The summed E-state index contributed by atoms with van der Waals surface area (Å²) in [6.45, 7) is 9.62. The molecule has 94 heavy (non-hydrogen) atoms. The van der Waals surface area contributed by atoms with E-state index in [4.69, 9.17) is 0 Å². The van der Waals surface area contributed by atoms with E-state index in [0.29, 0.717) is 0 Å². The van der Waals surface area contributed by atoms with Crippen molar-refractivity contribution >= 4 is 110 Å². The Morgan fingerprint density at radius 2 is 0.628 bits per heavy atom. The van der Waals surface area contributed by atoms with Gasteiger partial charge >= 0.3 is 0 Å². The number of aromatic nitrogens is 2. The standard InChI is InChI=1S/C90H74N4/c1-57(2)77-55-85(93(79-39-19-29-63-27-11-13-31-67(63)79)83-41-21-35-73-69-33-15-17-37-81(69)91(89(73)83)65-47-43-61(44-48-65)59-23-7-5-8-24-59)75-54-52-72-78(58(3)4)56-86(76-53-51-71(77)87(75)88(72)76)94(80-40-20-30-64-28-12-14-32-68(64)80)84-42-22-36-74-70-34-16-18-38-82(70)92(90(74)84)66-49-45-62(46-50-66)60-25-9-6-10-26-60/h5-10,15-26,29-30,33-58H,11-14,27-28,31-32H2,1-4H3. The summed E-state index contributed by atoms with van der Waals surface area (Å²) in [6.07, 6.45) is 9.00. The summed E-state index contributed by atoms with van der Waals surface area (Å²) in [5, 5.41) is 12.8. The third-order valence-corrected chi connectivity index (χ3v) is 21.2. The fourth-order valence-corrected chi connectivity index (χ4v) is 16.8. The third-order valence-electron chi connectivity index (χ3n) is 21.2. The zero-order valence-corrected chi connectivity index (χ0v) is 54.0. The van der Waals surface area contributed by atoms with Crippen LogP contribution in [0.15, 0.2) is 267 Å². The quantitative estimate of drug-likeness (QED) is 0.113. The maximum absolute atomic E-state index is 2.72. The molecule has 0 fully saturated rings. The minimum atomic E-state index is 0.220. The average molecular weight is 1210 g/mol. The highest BCUT2D eigenvalue weighted by molar-refractivity contribution is 6.30. The zero-order chi connectivity index (χ0) is 62.7. The van der Waals surface area contributed by atoms with Crippen molar-refractivity contribution in [1.82, 2.24) is 9.13 Å². The Bertz CT molecular complexity index is 5260. The van der Waals surface area contributed by atoms with Crippen LogP contribution < -0.4 is 9.80 Å². The van der Waals surface area contributed by atoms with Crippen LogP contribution in [0.2, 0.25) is 0 Å². The molecule has 454 valence electrons. The Hall–Kier alpha value is -10.7. The Labute approximate surface area is 550 Å². The highest BCUT2D eigenvalue weighted by Crippen LogP contribution is 2.55. The van der Waals surface area contributed by atoms with Gasteiger partial charge in [-0.2, -0.15) is 0 Å². The van der Waals surface area contributed by atoms with E-state index >= 15 is 0 Å². The van der Waals surface area contributed by atoms with Gasteiger partial charge in [-0.3, -0.25) is 0 Å². The number of nitrogens with zero attached hydrogens (tertiary/aromatic N) is 4. The Balaban J connectivity index is 0.937. The predicted octanol–water partition coefficient (Wildman–Crippen LogP) is 25.1. The van der Waals surface area contributed by atoms with Gasteiger partial charge in [0.2, 0.25) is 0 Å². The van der Waals surface area contributed by atoms with Gasteiger partial charge in [-0.25, -0.2) is 0 Å². The lowest BCUT2D eigenvalue weighted by Crippen LogP contribution is -2.18. The van der Waals surface area contributed by atoms with Gasteiger partial charge in [0.25, 0.3) is 0 Å². The number of hydrogen-bond acceptors (Lipinski definition) is 2. The van der Waals surface area contributed by atoms with Crippen LogP contribution in [0, 0.1) is 0 Å².